The van der Waals surface area contributed by atoms with Crippen molar-refractivity contribution >= 4 is 5.91 Å². The quantitative estimate of drug-likeness (QED) is 0.693. The average molecular weight is 367 g/mol. The first-order valence-corrected chi connectivity index (χ1v) is 8.66. The molecule has 2 aromatic heterocycles. The highest BCUT2D eigenvalue weighted by molar-refractivity contribution is 5.80. The summed E-state index contributed by atoms with van der Waals surface area (Å²) in [6, 6.07) is 14.1. The molecule has 0 spiro atoms. The van der Waals surface area contributed by atoms with Crippen LogP contribution in [0.5, 0.6) is 5.75 Å². The highest BCUT2D eigenvalue weighted by Gasteiger charge is 2.14. The van der Waals surface area contributed by atoms with Gasteiger partial charge in [-0.3, -0.25) is 9.59 Å². The van der Waals surface area contributed by atoms with Gasteiger partial charge in [0.25, 0.3) is 11.5 Å². The molecule has 3 aromatic rings. The van der Waals surface area contributed by atoms with Crippen LogP contribution < -0.4 is 15.6 Å². The number of rotatable bonds is 7. The second-order valence-corrected chi connectivity index (χ2v) is 6.12. The number of furan rings is 1. The van der Waals surface area contributed by atoms with Gasteiger partial charge in [0.1, 0.15) is 11.4 Å². The fraction of sp³-hybridized carbons (Fsp3) is 0.250. The number of benzene rings is 1. The van der Waals surface area contributed by atoms with Crippen LogP contribution in [0.25, 0.3) is 11.5 Å². The van der Waals surface area contributed by atoms with Gasteiger partial charge in [0.15, 0.2) is 11.9 Å². The molecule has 7 nitrogen and oxygen atoms in total. The van der Waals surface area contributed by atoms with E-state index in [1.807, 2.05) is 25.1 Å². The number of carbonyl (C=O) groups is 1. The Kier molecular flexibility index (Phi) is 5.71. The lowest BCUT2D eigenvalue weighted by Gasteiger charge is -2.15. The molecule has 2 heterocycles. The molecule has 0 fully saturated rings. The van der Waals surface area contributed by atoms with Crippen LogP contribution in [-0.2, 0) is 11.3 Å². The fourth-order valence-corrected chi connectivity index (χ4v) is 2.54. The molecule has 140 valence electrons. The molecule has 1 unspecified atom stereocenters. The van der Waals surface area contributed by atoms with Crippen molar-refractivity contribution in [2.75, 3.05) is 6.54 Å². The summed E-state index contributed by atoms with van der Waals surface area (Å²) in [5.74, 6) is 0.960. The number of aromatic nitrogens is 2. The van der Waals surface area contributed by atoms with Crippen molar-refractivity contribution in [2.45, 2.75) is 26.5 Å². The summed E-state index contributed by atoms with van der Waals surface area (Å²) < 4.78 is 12.2. The molecular weight excluding hydrogens is 346 g/mol. The Bertz CT molecular complexity index is 963. The molecule has 0 radical (unpaired) electrons. The monoisotopic (exact) mass is 367 g/mol. The average Bonchev–Trinajstić information content (AvgIpc) is 3.18. The Morgan fingerprint density at radius 1 is 1.26 bits per heavy atom. The Hall–Kier alpha value is -3.35. The lowest BCUT2D eigenvalue weighted by Crippen LogP contribution is -2.39. The van der Waals surface area contributed by atoms with Crippen molar-refractivity contribution in [2.24, 2.45) is 0 Å². The number of aryl methyl sites for hydroxylation is 1. The van der Waals surface area contributed by atoms with Crippen LogP contribution in [0.15, 0.2) is 64.0 Å². The largest absolute Gasteiger partial charge is 0.481 e. The van der Waals surface area contributed by atoms with Crippen molar-refractivity contribution in [1.82, 2.24) is 15.1 Å². The van der Waals surface area contributed by atoms with E-state index in [-0.39, 0.29) is 24.6 Å². The second-order valence-electron chi connectivity index (χ2n) is 6.12. The summed E-state index contributed by atoms with van der Waals surface area (Å²) in [6.07, 6.45) is 0.897. The fourth-order valence-electron chi connectivity index (χ4n) is 2.54. The standard InChI is InChI=1S/C20H21N3O4/c1-14-5-3-6-16(13-14)27-15(2)20(25)21-10-11-23-19(24)9-8-17(22-23)18-7-4-12-26-18/h3-9,12-13,15H,10-11H2,1-2H3,(H,21,25). The van der Waals surface area contributed by atoms with E-state index in [1.165, 1.54) is 10.7 Å². The number of hydrogen-bond acceptors (Lipinski definition) is 5. The Balaban J connectivity index is 1.55. The number of amides is 1. The van der Waals surface area contributed by atoms with Gasteiger partial charge in [-0.1, -0.05) is 12.1 Å². The molecule has 3 rings (SSSR count). The summed E-state index contributed by atoms with van der Waals surface area (Å²) >= 11 is 0. The first kappa shape index (κ1) is 18.4. The molecule has 7 heteroatoms. The third-order valence-corrected chi connectivity index (χ3v) is 3.93. The van der Waals surface area contributed by atoms with Gasteiger partial charge in [-0.2, -0.15) is 5.10 Å². The zero-order valence-corrected chi connectivity index (χ0v) is 15.2. The number of nitrogens with one attached hydrogen (secondary N) is 1. The molecule has 0 saturated carbocycles. The number of nitrogens with zero attached hydrogens (tertiary/aromatic N) is 2. The number of hydrogen-bond donors (Lipinski definition) is 1. The van der Waals surface area contributed by atoms with E-state index in [4.69, 9.17) is 9.15 Å². The summed E-state index contributed by atoms with van der Waals surface area (Å²) in [5.41, 5.74) is 1.37. The third kappa shape index (κ3) is 4.84. The van der Waals surface area contributed by atoms with E-state index in [1.54, 1.807) is 37.5 Å². The number of carbonyl (C=O) groups excluding carboxylic acids is 1. The minimum absolute atomic E-state index is 0.246. The molecule has 0 saturated heterocycles. The molecule has 1 aromatic carbocycles. The molecular formula is C20H21N3O4. The minimum atomic E-state index is -0.647. The maximum atomic E-state index is 12.2. The summed E-state index contributed by atoms with van der Waals surface area (Å²) in [6.45, 7) is 4.14. The topological polar surface area (TPSA) is 86.4 Å². The normalized spacial score (nSPS) is 11.8. The van der Waals surface area contributed by atoms with Gasteiger partial charge in [-0.05, 0) is 49.7 Å². The highest BCUT2D eigenvalue weighted by atomic mass is 16.5. The van der Waals surface area contributed by atoms with Crippen molar-refractivity contribution in [1.29, 1.82) is 0 Å². The Labute approximate surface area is 156 Å². The first-order valence-electron chi connectivity index (χ1n) is 8.66. The van der Waals surface area contributed by atoms with Gasteiger partial charge in [0.2, 0.25) is 0 Å². The van der Waals surface area contributed by atoms with Crippen molar-refractivity contribution in [3.8, 4) is 17.2 Å². The van der Waals surface area contributed by atoms with Gasteiger partial charge >= 0.3 is 0 Å². The Morgan fingerprint density at radius 3 is 2.85 bits per heavy atom. The highest BCUT2D eigenvalue weighted by Crippen LogP contribution is 2.15. The van der Waals surface area contributed by atoms with E-state index in [0.717, 1.165) is 5.56 Å². The van der Waals surface area contributed by atoms with Crippen LogP contribution in [0, 0.1) is 6.92 Å². The number of ether oxygens (including phenoxy) is 1. The van der Waals surface area contributed by atoms with E-state index < -0.39 is 6.10 Å². The van der Waals surface area contributed by atoms with Crippen LogP contribution >= 0.6 is 0 Å². The van der Waals surface area contributed by atoms with Crippen LogP contribution in [0.4, 0.5) is 0 Å². The van der Waals surface area contributed by atoms with Gasteiger partial charge in [-0.25, -0.2) is 4.68 Å². The maximum absolute atomic E-state index is 12.2. The second kappa shape index (κ2) is 8.35. The molecule has 27 heavy (non-hydrogen) atoms. The maximum Gasteiger partial charge on any atom is 0.266 e. The van der Waals surface area contributed by atoms with Crippen LogP contribution in [0.1, 0.15) is 12.5 Å². The van der Waals surface area contributed by atoms with Gasteiger partial charge in [0.05, 0.1) is 12.8 Å². The predicted molar refractivity (Wildman–Crippen MR) is 100 cm³/mol. The van der Waals surface area contributed by atoms with Crippen molar-refractivity contribution < 1.29 is 13.9 Å². The zero-order chi connectivity index (χ0) is 19.2. The summed E-state index contributed by atoms with van der Waals surface area (Å²) in [5, 5.41) is 7.02. The first-order chi connectivity index (χ1) is 13.0. The van der Waals surface area contributed by atoms with Crippen molar-refractivity contribution in [3.05, 3.63) is 70.7 Å². The third-order valence-electron chi connectivity index (χ3n) is 3.93. The van der Waals surface area contributed by atoms with Crippen molar-refractivity contribution in [3.63, 3.8) is 0 Å². The SMILES string of the molecule is Cc1cccc(OC(C)C(=O)NCCn2nc(-c3ccco3)ccc2=O)c1. The van der Waals surface area contributed by atoms with Gasteiger partial charge in [-0.15, -0.1) is 0 Å². The molecule has 0 aliphatic heterocycles. The summed E-state index contributed by atoms with van der Waals surface area (Å²) in [4.78, 5) is 24.2. The van der Waals surface area contributed by atoms with Gasteiger partial charge in [0, 0.05) is 12.6 Å². The molecule has 0 aliphatic rings. The van der Waals surface area contributed by atoms with Crippen LogP contribution in [0.2, 0.25) is 0 Å². The molecule has 1 atom stereocenters. The Morgan fingerprint density at radius 2 is 2.11 bits per heavy atom. The molecule has 1 N–H and O–H groups in total. The predicted octanol–water partition coefficient (Wildman–Crippen LogP) is 2.40. The molecule has 0 bridgehead atoms. The van der Waals surface area contributed by atoms with Crippen LogP contribution in [-0.4, -0.2) is 28.3 Å². The zero-order valence-electron chi connectivity index (χ0n) is 15.2. The summed E-state index contributed by atoms with van der Waals surface area (Å²) in [7, 11) is 0. The van der Waals surface area contributed by atoms with Crippen LogP contribution in [0.3, 0.4) is 0 Å². The van der Waals surface area contributed by atoms with E-state index in [9.17, 15) is 9.59 Å². The lowest BCUT2D eigenvalue weighted by atomic mass is 10.2. The molecule has 0 aliphatic carbocycles. The van der Waals surface area contributed by atoms with E-state index >= 15 is 0 Å². The molecule has 1 amide bonds. The van der Waals surface area contributed by atoms with E-state index in [0.29, 0.717) is 17.2 Å². The van der Waals surface area contributed by atoms with Gasteiger partial charge < -0.3 is 14.5 Å². The lowest BCUT2D eigenvalue weighted by molar-refractivity contribution is -0.127. The minimum Gasteiger partial charge on any atom is -0.481 e. The smallest absolute Gasteiger partial charge is 0.266 e. The van der Waals surface area contributed by atoms with E-state index in [2.05, 4.69) is 10.4 Å².